The fraction of sp³-hybridized carbons (Fsp3) is 0.417. The van der Waals surface area contributed by atoms with Crippen LogP contribution in [0.15, 0.2) is 18.2 Å². The topological polar surface area (TPSA) is 59.0 Å². The number of carbonyl (C=O) groups excluding carboxylic acids is 1. The summed E-state index contributed by atoms with van der Waals surface area (Å²) in [4.78, 5) is 13.0. The van der Waals surface area contributed by atoms with Crippen LogP contribution in [0.4, 0.5) is 14.5 Å². The van der Waals surface area contributed by atoms with Crippen molar-refractivity contribution in [3.05, 3.63) is 18.2 Å². The van der Waals surface area contributed by atoms with Crippen molar-refractivity contribution in [3.8, 4) is 11.5 Å². The van der Waals surface area contributed by atoms with Gasteiger partial charge in [0.05, 0.1) is 26.2 Å². The lowest BCUT2D eigenvalue weighted by Gasteiger charge is -2.18. The summed E-state index contributed by atoms with van der Waals surface area (Å²) in [5, 5.41) is 9.41. The van der Waals surface area contributed by atoms with Crippen LogP contribution in [0.2, 0.25) is 0 Å². The van der Waals surface area contributed by atoms with Gasteiger partial charge in [-0.15, -0.1) is 0 Å². The third-order valence-electron chi connectivity index (χ3n) is 2.78. The number of benzene rings is 1. The van der Waals surface area contributed by atoms with Gasteiger partial charge in [0.2, 0.25) is 5.91 Å². The smallest absolute Gasteiger partial charge is 0.387 e. The molecule has 0 aliphatic carbocycles. The van der Waals surface area contributed by atoms with Crippen LogP contribution in [-0.2, 0) is 4.79 Å². The molecule has 1 saturated heterocycles. The van der Waals surface area contributed by atoms with Gasteiger partial charge >= 0.3 is 6.61 Å². The molecule has 2 rings (SSSR count). The number of anilines is 1. The molecule has 0 spiro atoms. The Morgan fingerprint density at radius 2 is 2.16 bits per heavy atom. The normalized spacial score (nSPS) is 19.1. The molecule has 1 heterocycles. The fourth-order valence-corrected chi connectivity index (χ4v) is 1.96. The van der Waals surface area contributed by atoms with Gasteiger partial charge in [0.15, 0.2) is 11.5 Å². The zero-order valence-corrected chi connectivity index (χ0v) is 10.2. The number of rotatable bonds is 4. The third-order valence-corrected chi connectivity index (χ3v) is 2.78. The van der Waals surface area contributed by atoms with Crippen molar-refractivity contribution in [1.82, 2.24) is 0 Å². The second-order valence-corrected chi connectivity index (χ2v) is 4.08. The van der Waals surface area contributed by atoms with E-state index in [2.05, 4.69) is 4.74 Å². The molecule has 0 aromatic heterocycles. The van der Waals surface area contributed by atoms with Crippen molar-refractivity contribution in [1.29, 1.82) is 0 Å². The minimum atomic E-state index is -2.95. The maximum Gasteiger partial charge on any atom is 0.387 e. The lowest BCUT2D eigenvalue weighted by Crippen LogP contribution is -2.25. The Hall–Kier alpha value is -1.89. The van der Waals surface area contributed by atoms with E-state index in [1.807, 2.05) is 0 Å². The van der Waals surface area contributed by atoms with Crippen LogP contribution in [0.3, 0.4) is 0 Å². The number of nitrogens with zero attached hydrogens (tertiary/aromatic N) is 1. The highest BCUT2D eigenvalue weighted by Crippen LogP contribution is 2.34. The summed E-state index contributed by atoms with van der Waals surface area (Å²) in [6, 6.07) is 4.20. The lowest BCUT2D eigenvalue weighted by molar-refractivity contribution is -0.117. The van der Waals surface area contributed by atoms with E-state index in [4.69, 9.17) is 4.74 Å². The summed E-state index contributed by atoms with van der Waals surface area (Å²) in [7, 11) is 1.32. The quantitative estimate of drug-likeness (QED) is 0.900. The molecule has 0 saturated carbocycles. The van der Waals surface area contributed by atoms with Gasteiger partial charge in [0, 0.05) is 11.8 Å². The number of hydrogen-bond donors (Lipinski definition) is 1. The molecule has 1 aromatic carbocycles. The number of hydrogen-bond acceptors (Lipinski definition) is 4. The summed E-state index contributed by atoms with van der Waals surface area (Å²) in [5.74, 6) is -0.225. The Morgan fingerprint density at radius 1 is 1.42 bits per heavy atom. The first kappa shape index (κ1) is 13.5. The van der Waals surface area contributed by atoms with Crippen LogP contribution in [0, 0.1) is 0 Å². The van der Waals surface area contributed by atoms with Crippen LogP contribution >= 0.6 is 0 Å². The Kier molecular flexibility index (Phi) is 3.84. The predicted octanol–water partition coefficient (Wildman–Crippen LogP) is 1.39. The second-order valence-electron chi connectivity index (χ2n) is 4.08. The Balaban J connectivity index is 2.26. The van der Waals surface area contributed by atoms with Crippen LogP contribution < -0.4 is 14.4 Å². The van der Waals surface area contributed by atoms with Crippen LogP contribution in [-0.4, -0.2) is 37.4 Å². The highest BCUT2D eigenvalue weighted by molar-refractivity contribution is 5.96. The molecule has 1 atom stereocenters. The minimum absolute atomic E-state index is 0.0532. The first-order valence-corrected chi connectivity index (χ1v) is 5.62. The van der Waals surface area contributed by atoms with Crippen molar-refractivity contribution < 1.29 is 28.2 Å². The van der Waals surface area contributed by atoms with Crippen molar-refractivity contribution >= 4 is 11.6 Å². The Bertz CT molecular complexity index is 481. The molecule has 1 aliphatic rings. The number of carbonyl (C=O) groups is 1. The van der Waals surface area contributed by atoms with E-state index in [1.54, 1.807) is 0 Å². The van der Waals surface area contributed by atoms with E-state index in [-0.39, 0.29) is 30.4 Å². The fourth-order valence-electron chi connectivity index (χ4n) is 1.96. The maximum absolute atomic E-state index is 12.2. The summed E-state index contributed by atoms with van der Waals surface area (Å²) in [6.07, 6.45) is -0.659. The van der Waals surface area contributed by atoms with Crippen LogP contribution in [0.1, 0.15) is 6.42 Å². The summed E-state index contributed by atoms with van der Waals surface area (Å²) >= 11 is 0. The van der Waals surface area contributed by atoms with Crippen LogP contribution in [0.25, 0.3) is 0 Å². The molecular weight excluding hydrogens is 260 g/mol. The summed E-state index contributed by atoms with van der Waals surface area (Å²) in [5.41, 5.74) is 0.472. The summed E-state index contributed by atoms with van der Waals surface area (Å²) in [6.45, 7) is -2.77. The molecule has 1 unspecified atom stereocenters. The highest BCUT2D eigenvalue weighted by Gasteiger charge is 2.29. The first-order valence-electron chi connectivity index (χ1n) is 5.62. The van der Waals surface area contributed by atoms with E-state index in [0.717, 1.165) is 0 Å². The number of aliphatic hydroxyl groups is 1. The van der Waals surface area contributed by atoms with Gasteiger partial charge in [0.25, 0.3) is 0 Å². The van der Waals surface area contributed by atoms with E-state index >= 15 is 0 Å². The van der Waals surface area contributed by atoms with Gasteiger partial charge in [-0.3, -0.25) is 4.79 Å². The molecule has 1 N–H and O–H groups in total. The molecule has 1 amide bonds. The monoisotopic (exact) mass is 273 g/mol. The Morgan fingerprint density at radius 3 is 2.68 bits per heavy atom. The number of alkyl halides is 2. The van der Waals surface area contributed by atoms with Crippen molar-refractivity contribution in [2.75, 3.05) is 18.6 Å². The van der Waals surface area contributed by atoms with Gasteiger partial charge in [-0.05, 0) is 12.1 Å². The standard InChI is InChI=1S/C12H13F2NO4/c1-18-10-4-7(2-3-9(10)19-12(13)14)15-6-8(16)5-11(15)17/h2-4,8,12,16H,5-6H2,1H3. The minimum Gasteiger partial charge on any atom is -0.493 e. The molecular formula is C12H13F2NO4. The van der Waals surface area contributed by atoms with Crippen molar-refractivity contribution in [3.63, 3.8) is 0 Å². The number of methoxy groups -OCH3 is 1. The number of aliphatic hydroxyl groups excluding tert-OH is 1. The second kappa shape index (κ2) is 5.40. The molecule has 19 heavy (non-hydrogen) atoms. The van der Waals surface area contributed by atoms with Gasteiger partial charge in [0.1, 0.15) is 0 Å². The molecule has 7 heteroatoms. The molecule has 104 valence electrons. The molecule has 1 aliphatic heterocycles. The van der Waals surface area contributed by atoms with Gasteiger partial charge in [-0.2, -0.15) is 8.78 Å². The third kappa shape index (κ3) is 2.93. The average Bonchev–Trinajstić information content (AvgIpc) is 2.68. The van der Waals surface area contributed by atoms with Crippen LogP contribution in [0.5, 0.6) is 11.5 Å². The van der Waals surface area contributed by atoms with Gasteiger partial charge in [-0.1, -0.05) is 0 Å². The van der Waals surface area contributed by atoms with Gasteiger partial charge in [-0.25, -0.2) is 0 Å². The zero-order valence-electron chi connectivity index (χ0n) is 10.2. The van der Waals surface area contributed by atoms with E-state index in [9.17, 15) is 18.7 Å². The maximum atomic E-state index is 12.2. The lowest BCUT2D eigenvalue weighted by atomic mass is 10.2. The molecule has 1 aromatic rings. The molecule has 0 bridgehead atoms. The number of amides is 1. The number of halogens is 2. The largest absolute Gasteiger partial charge is 0.493 e. The number of β-amino-alcohol motifs (C(OH)–C–C–N with tert-alkyl or cyclic N) is 1. The van der Waals surface area contributed by atoms with E-state index in [0.29, 0.717) is 5.69 Å². The highest BCUT2D eigenvalue weighted by atomic mass is 19.3. The average molecular weight is 273 g/mol. The summed E-state index contributed by atoms with van der Waals surface area (Å²) < 4.78 is 33.6. The first-order chi connectivity index (χ1) is 9.01. The van der Waals surface area contributed by atoms with Gasteiger partial charge < -0.3 is 19.5 Å². The zero-order chi connectivity index (χ0) is 14.0. The van der Waals surface area contributed by atoms with Crippen molar-refractivity contribution in [2.24, 2.45) is 0 Å². The predicted molar refractivity (Wildman–Crippen MR) is 62.6 cm³/mol. The van der Waals surface area contributed by atoms with E-state index < -0.39 is 12.7 Å². The molecule has 1 fully saturated rings. The van der Waals surface area contributed by atoms with Crippen molar-refractivity contribution in [2.45, 2.75) is 19.1 Å². The molecule has 0 radical (unpaired) electrons. The SMILES string of the molecule is COc1cc(N2CC(O)CC2=O)ccc1OC(F)F. The number of ether oxygens (including phenoxy) is 2. The Labute approximate surface area is 108 Å². The van der Waals surface area contributed by atoms with E-state index in [1.165, 1.54) is 30.2 Å². The molecule has 5 nitrogen and oxygen atoms in total.